The van der Waals surface area contributed by atoms with Gasteiger partial charge in [-0.15, -0.1) is 0 Å². The van der Waals surface area contributed by atoms with Gasteiger partial charge >= 0.3 is 11.9 Å². The van der Waals surface area contributed by atoms with Crippen molar-refractivity contribution in [2.75, 3.05) is 6.61 Å². The first-order valence-corrected chi connectivity index (χ1v) is 14.7. The molecule has 206 valence electrons. The molecule has 0 aromatic carbocycles. The topological polar surface area (TPSA) is 63.6 Å². The van der Waals surface area contributed by atoms with Gasteiger partial charge in [-0.3, -0.25) is 0 Å². The van der Waals surface area contributed by atoms with Gasteiger partial charge in [0.1, 0.15) is 0 Å². The van der Waals surface area contributed by atoms with Crippen LogP contribution in [0.1, 0.15) is 155 Å². The molecule has 1 N–H and O–H groups in total. The van der Waals surface area contributed by atoms with Crippen LogP contribution < -0.4 is 0 Å². The fraction of sp³-hybridized carbons (Fsp3) is 0.806. The van der Waals surface area contributed by atoms with Gasteiger partial charge in [0.25, 0.3) is 0 Å². The normalized spacial score (nSPS) is 10.3. The lowest BCUT2D eigenvalue weighted by molar-refractivity contribution is -0.139. The second-order valence-electron chi connectivity index (χ2n) is 9.75. The van der Waals surface area contributed by atoms with Crippen LogP contribution in [-0.2, 0) is 14.3 Å². The highest BCUT2D eigenvalue weighted by Gasteiger charge is 2.07. The van der Waals surface area contributed by atoms with Crippen molar-refractivity contribution in [3.05, 3.63) is 24.8 Å². The third-order valence-corrected chi connectivity index (χ3v) is 6.28. The lowest BCUT2D eigenvalue weighted by Crippen LogP contribution is -2.08. The van der Waals surface area contributed by atoms with Gasteiger partial charge in [0, 0.05) is 11.6 Å². The van der Waals surface area contributed by atoms with E-state index in [1.54, 1.807) is 0 Å². The molecule has 0 bridgehead atoms. The van der Waals surface area contributed by atoms with E-state index in [1.165, 1.54) is 122 Å². The molecule has 0 spiro atoms. The van der Waals surface area contributed by atoms with Gasteiger partial charge in [-0.05, 0) is 19.3 Å². The number of ether oxygens (including phenoxy) is 1. The van der Waals surface area contributed by atoms with E-state index in [1.807, 2.05) is 0 Å². The summed E-state index contributed by atoms with van der Waals surface area (Å²) in [5.41, 5.74) is 0.665. The molecule has 0 aromatic rings. The summed E-state index contributed by atoms with van der Waals surface area (Å²) in [5, 5.41) is 7.60. The molecular weight excluding hydrogens is 436 g/mol. The van der Waals surface area contributed by atoms with Gasteiger partial charge in [-0.2, -0.15) is 0 Å². The SMILES string of the molecule is C=C(CCCCCCCCCCCCC)C(=O)OCCCCCCCCCCCC.C=CC(=O)O. The van der Waals surface area contributed by atoms with Crippen LogP contribution in [0.15, 0.2) is 24.8 Å². The molecule has 0 fully saturated rings. The fourth-order valence-electron chi connectivity index (χ4n) is 3.96. The maximum Gasteiger partial charge on any atom is 0.333 e. The zero-order valence-corrected chi connectivity index (χ0v) is 23.4. The van der Waals surface area contributed by atoms with E-state index in [0.717, 1.165) is 25.3 Å². The highest BCUT2D eigenvalue weighted by Crippen LogP contribution is 2.15. The van der Waals surface area contributed by atoms with E-state index in [2.05, 4.69) is 27.0 Å². The van der Waals surface area contributed by atoms with Crippen LogP contribution in [0.25, 0.3) is 0 Å². The van der Waals surface area contributed by atoms with Gasteiger partial charge in [-0.1, -0.05) is 149 Å². The number of rotatable bonds is 25. The van der Waals surface area contributed by atoms with Crippen molar-refractivity contribution >= 4 is 11.9 Å². The van der Waals surface area contributed by atoms with E-state index in [-0.39, 0.29) is 5.97 Å². The molecule has 0 saturated heterocycles. The summed E-state index contributed by atoms with van der Waals surface area (Å²) in [6.45, 7) is 12.0. The molecule has 4 heteroatoms. The van der Waals surface area contributed by atoms with Gasteiger partial charge in [0.2, 0.25) is 0 Å². The zero-order valence-electron chi connectivity index (χ0n) is 23.4. The Kier molecular flexibility index (Phi) is 31.0. The molecule has 4 nitrogen and oxygen atoms in total. The van der Waals surface area contributed by atoms with E-state index in [0.29, 0.717) is 12.2 Å². The molecule has 0 aliphatic rings. The van der Waals surface area contributed by atoms with E-state index < -0.39 is 5.97 Å². The molecule has 0 atom stereocenters. The summed E-state index contributed by atoms with van der Waals surface area (Å²) in [6, 6.07) is 0. The highest BCUT2D eigenvalue weighted by atomic mass is 16.5. The summed E-state index contributed by atoms with van der Waals surface area (Å²) >= 11 is 0. The van der Waals surface area contributed by atoms with Gasteiger partial charge in [0.05, 0.1) is 6.61 Å². The Hall–Kier alpha value is -1.58. The molecule has 0 heterocycles. The van der Waals surface area contributed by atoms with Crippen LogP contribution in [0.2, 0.25) is 0 Å². The lowest BCUT2D eigenvalue weighted by atomic mass is 10.0. The third kappa shape index (κ3) is 32.4. The van der Waals surface area contributed by atoms with Crippen LogP contribution in [0.3, 0.4) is 0 Å². The van der Waals surface area contributed by atoms with Crippen LogP contribution in [0, 0.1) is 0 Å². The molecule has 0 radical (unpaired) electrons. The Morgan fingerprint density at radius 2 is 0.943 bits per heavy atom. The summed E-state index contributed by atoms with van der Waals surface area (Å²) < 4.78 is 5.39. The molecule has 0 aromatic heterocycles. The molecule has 0 amide bonds. The summed E-state index contributed by atoms with van der Waals surface area (Å²) in [6.07, 6.45) is 29.3. The molecule has 0 unspecified atom stereocenters. The van der Waals surface area contributed by atoms with Crippen molar-refractivity contribution in [1.29, 1.82) is 0 Å². The van der Waals surface area contributed by atoms with E-state index >= 15 is 0 Å². The number of carbonyl (C=O) groups excluding carboxylic acids is 1. The zero-order chi connectivity index (χ0) is 26.4. The Bertz CT molecular complexity index is 462. The quantitative estimate of drug-likeness (QED) is 0.0779. The number of hydrogen-bond donors (Lipinski definition) is 1. The monoisotopic (exact) mass is 494 g/mol. The van der Waals surface area contributed by atoms with Crippen molar-refractivity contribution in [2.24, 2.45) is 0 Å². The van der Waals surface area contributed by atoms with Crippen LogP contribution in [-0.4, -0.2) is 23.7 Å². The number of esters is 1. The first kappa shape index (κ1) is 35.6. The van der Waals surface area contributed by atoms with Crippen molar-refractivity contribution in [2.45, 2.75) is 155 Å². The summed E-state index contributed by atoms with van der Waals surface area (Å²) in [4.78, 5) is 21.2. The predicted octanol–water partition coefficient (Wildman–Crippen LogP) is 9.96. The standard InChI is InChI=1S/C28H54O2.C3H4O2/c1-4-6-8-10-12-14-16-17-19-21-23-25-27(3)28(29)30-26-24-22-20-18-15-13-11-9-7-5-2;1-2-3(4)5/h3-26H2,1-2H3;2H,1H2,(H,4,5). The number of carboxylic acid groups (broad SMARTS) is 1. The minimum Gasteiger partial charge on any atom is -0.478 e. The molecular formula is C31H58O4. The maximum atomic E-state index is 12.0. The predicted molar refractivity (Wildman–Crippen MR) is 151 cm³/mol. The second-order valence-corrected chi connectivity index (χ2v) is 9.75. The smallest absolute Gasteiger partial charge is 0.333 e. The van der Waals surface area contributed by atoms with Gasteiger partial charge in [0.15, 0.2) is 0 Å². The second kappa shape index (κ2) is 30.5. The molecule has 0 saturated carbocycles. The summed E-state index contributed by atoms with van der Waals surface area (Å²) in [5.74, 6) is -1.15. The maximum absolute atomic E-state index is 12.0. The minimum atomic E-state index is -0.981. The highest BCUT2D eigenvalue weighted by molar-refractivity contribution is 5.87. The Balaban J connectivity index is 0. The number of aliphatic carboxylic acids is 1. The van der Waals surface area contributed by atoms with Gasteiger partial charge < -0.3 is 9.84 Å². The largest absolute Gasteiger partial charge is 0.478 e. The van der Waals surface area contributed by atoms with Crippen LogP contribution in [0.4, 0.5) is 0 Å². The summed E-state index contributed by atoms with van der Waals surface area (Å²) in [7, 11) is 0. The molecule has 0 aliphatic heterocycles. The van der Waals surface area contributed by atoms with Crippen molar-refractivity contribution in [3.8, 4) is 0 Å². The minimum absolute atomic E-state index is 0.169. The fourth-order valence-corrected chi connectivity index (χ4v) is 3.96. The van der Waals surface area contributed by atoms with Gasteiger partial charge in [-0.25, -0.2) is 9.59 Å². The number of hydrogen-bond acceptors (Lipinski definition) is 3. The van der Waals surface area contributed by atoms with E-state index in [4.69, 9.17) is 9.84 Å². The average molecular weight is 495 g/mol. The Morgan fingerprint density at radius 3 is 1.29 bits per heavy atom. The molecule has 0 aliphatic carbocycles. The third-order valence-electron chi connectivity index (χ3n) is 6.28. The lowest BCUT2D eigenvalue weighted by Gasteiger charge is -2.07. The Morgan fingerprint density at radius 1 is 0.629 bits per heavy atom. The van der Waals surface area contributed by atoms with Crippen molar-refractivity contribution < 1.29 is 19.4 Å². The average Bonchev–Trinajstić information content (AvgIpc) is 2.85. The first-order valence-electron chi connectivity index (χ1n) is 14.7. The van der Waals surface area contributed by atoms with Crippen LogP contribution in [0.5, 0.6) is 0 Å². The van der Waals surface area contributed by atoms with Crippen molar-refractivity contribution in [3.63, 3.8) is 0 Å². The van der Waals surface area contributed by atoms with Crippen molar-refractivity contribution in [1.82, 2.24) is 0 Å². The Labute approximate surface area is 218 Å². The number of unbranched alkanes of at least 4 members (excludes halogenated alkanes) is 19. The van der Waals surface area contributed by atoms with E-state index in [9.17, 15) is 9.59 Å². The molecule has 0 rings (SSSR count). The number of carboxylic acids is 1. The number of carbonyl (C=O) groups is 2. The molecule has 35 heavy (non-hydrogen) atoms. The first-order chi connectivity index (χ1) is 17.0. The van der Waals surface area contributed by atoms with Crippen LogP contribution >= 0.6 is 0 Å².